The summed E-state index contributed by atoms with van der Waals surface area (Å²) in [7, 11) is 1.58. The molecule has 0 fully saturated rings. The maximum Gasteiger partial charge on any atom is 0.265 e. The molecule has 1 amide bonds. The molecule has 3 aromatic rings. The number of nitrogens with one attached hydrogen (secondary N) is 1. The molecule has 134 valence electrons. The van der Waals surface area contributed by atoms with Crippen LogP contribution >= 0.6 is 0 Å². The Morgan fingerprint density at radius 2 is 1.92 bits per heavy atom. The highest BCUT2D eigenvalue weighted by Gasteiger charge is 2.18. The fourth-order valence-corrected chi connectivity index (χ4v) is 2.44. The van der Waals surface area contributed by atoms with Gasteiger partial charge in [0.05, 0.1) is 12.8 Å². The summed E-state index contributed by atoms with van der Waals surface area (Å²) in [6.45, 7) is 3.59. The van der Waals surface area contributed by atoms with Gasteiger partial charge in [0.25, 0.3) is 5.91 Å². The molecular formula is C20H21N3O3. The van der Waals surface area contributed by atoms with Gasteiger partial charge in [0.1, 0.15) is 5.75 Å². The van der Waals surface area contributed by atoms with Crippen LogP contribution in [-0.4, -0.2) is 28.9 Å². The molecule has 3 rings (SSSR count). The highest BCUT2D eigenvalue weighted by atomic mass is 16.5. The van der Waals surface area contributed by atoms with Crippen LogP contribution in [0.2, 0.25) is 0 Å². The molecule has 0 aliphatic rings. The van der Waals surface area contributed by atoms with Crippen LogP contribution in [0.3, 0.4) is 0 Å². The Hall–Kier alpha value is -3.28. The molecule has 0 aliphatic heterocycles. The summed E-state index contributed by atoms with van der Waals surface area (Å²) in [5.74, 6) is 0.850. The molecule has 1 atom stereocenters. The van der Waals surface area contributed by atoms with Crippen LogP contribution in [0.15, 0.2) is 60.8 Å². The van der Waals surface area contributed by atoms with E-state index in [0.717, 1.165) is 11.3 Å². The fraction of sp³-hybridized carbons (Fsp3) is 0.200. The van der Waals surface area contributed by atoms with Gasteiger partial charge < -0.3 is 14.8 Å². The molecule has 0 aliphatic carbocycles. The van der Waals surface area contributed by atoms with E-state index in [4.69, 9.17) is 9.47 Å². The highest BCUT2D eigenvalue weighted by Crippen LogP contribution is 2.20. The molecule has 1 N–H and O–H groups in total. The highest BCUT2D eigenvalue weighted by molar-refractivity contribution is 5.94. The van der Waals surface area contributed by atoms with Crippen LogP contribution in [0.1, 0.15) is 12.5 Å². The van der Waals surface area contributed by atoms with Crippen LogP contribution in [0.5, 0.6) is 11.6 Å². The number of ether oxygens (including phenoxy) is 2. The number of benzene rings is 2. The monoisotopic (exact) mass is 351 g/mol. The number of nitrogens with zero attached hydrogens (tertiary/aromatic N) is 2. The van der Waals surface area contributed by atoms with Crippen LogP contribution in [-0.2, 0) is 4.79 Å². The first-order chi connectivity index (χ1) is 12.6. The molecule has 6 heteroatoms. The van der Waals surface area contributed by atoms with Crippen molar-refractivity contribution in [3.63, 3.8) is 0 Å². The predicted octanol–water partition coefficient (Wildman–Crippen LogP) is 3.60. The Bertz CT molecular complexity index is 890. The number of carbonyl (C=O) groups excluding carboxylic acids is 1. The summed E-state index contributed by atoms with van der Waals surface area (Å²) < 4.78 is 12.7. The van der Waals surface area contributed by atoms with Gasteiger partial charge in [-0.25, -0.2) is 4.68 Å². The van der Waals surface area contributed by atoms with Gasteiger partial charge in [0.2, 0.25) is 5.88 Å². The molecular weight excluding hydrogens is 330 g/mol. The van der Waals surface area contributed by atoms with E-state index in [9.17, 15) is 4.79 Å². The van der Waals surface area contributed by atoms with E-state index in [1.807, 2.05) is 55.6 Å². The minimum Gasteiger partial charge on any atom is -0.497 e. The first-order valence-electron chi connectivity index (χ1n) is 8.30. The third-order valence-electron chi connectivity index (χ3n) is 3.87. The summed E-state index contributed by atoms with van der Waals surface area (Å²) in [6, 6.07) is 16.9. The Labute approximate surface area is 152 Å². The minimum absolute atomic E-state index is 0.257. The van der Waals surface area contributed by atoms with E-state index in [2.05, 4.69) is 10.4 Å². The minimum atomic E-state index is -0.695. The zero-order chi connectivity index (χ0) is 18.5. The maximum atomic E-state index is 12.4. The summed E-state index contributed by atoms with van der Waals surface area (Å²) >= 11 is 0. The molecule has 0 radical (unpaired) electrons. The van der Waals surface area contributed by atoms with E-state index in [1.54, 1.807) is 30.8 Å². The summed E-state index contributed by atoms with van der Waals surface area (Å²) in [5.41, 5.74) is 2.44. The van der Waals surface area contributed by atoms with Crippen molar-refractivity contribution in [1.82, 2.24) is 9.78 Å². The van der Waals surface area contributed by atoms with Crippen molar-refractivity contribution in [3.8, 4) is 17.3 Å². The summed E-state index contributed by atoms with van der Waals surface area (Å²) in [5, 5.41) is 7.25. The molecule has 1 aromatic heterocycles. The van der Waals surface area contributed by atoms with Gasteiger partial charge in [-0.05, 0) is 38.1 Å². The fourth-order valence-electron chi connectivity index (χ4n) is 2.44. The van der Waals surface area contributed by atoms with Gasteiger partial charge in [0.15, 0.2) is 6.10 Å². The first kappa shape index (κ1) is 17.5. The second-order valence-electron chi connectivity index (χ2n) is 5.88. The summed E-state index contributed by atoms with van der Waals surface area (Å²) in [4.78, 5) is 12.4. The van der Waals surface area contributed by atoms with E-state index in [0.29, 0.717) is 17.3 Å². The van der Waals surface area contributed by atoms with Crippen molar-refractivity contribution >= 4 is 11.6 Å². The zero-order valence-corrected chi connectivity index (χ0v) is 15.0. The van der Waals surface area contributed by atoms with E-state index in [-0.39, 0.29) is 5.91 Å². The van der Waals surface area contributed by atoms with E-state index < -0.39 is 6.10 Å². The number of amides is 1. The average molecular weight is 351 g/mol. The lowest BCUT2D eigenvalue weighted by Gasteiger charge is -2.14. The average Bonchev–Trinajstić information content (AvgIpc) is 3.03. The topological polar surface area (TPSA) is 65.4 Å². The number of hydrogen-bond acceptors (Lipinski definition) is 4. The number of anilines is 1. The van der Waals surface area contributed by atoms with Crippen molar-refractivity contribution in [2.75, 3.05) is 12.4 Å². The normalized spacial score (nSPS) is 11.7. The van der Waals surface area contributed by atoms with Gasteiger partial charge in [-0.1, -0.05) is 24.3 Å². The maximum absolute atomic E-state index is 12.4. The van der Waals surface area contributed by atoms with Crippen molar-refractivity contribution < 1.29 is 14.3 Å². The lowest BCUT2D eigenvalue weighted by atomic mass is 10.3. The molecule has 6 nitrogen and oxygen atoms in total. The Morgan fingerprint density at radius 1 is 1.15 bits per heavy atom. The molecule has 0 saturated heterocycles. The van der Waals surface area contributed by atoms with Gasteiger partial charge >= 0.3 is 0 Å². The lowest BCUT2D eigenvalue weighted by Crippen LogP contribution is -2.30. The van der Waals surface area contributed by atoms with Gasteiger partial charge in [-0.3, -0.25) is 4.79 Å². The molecule has 1 heterocycles. The Kier molecular flexibility index (Phi) is 5.22. The summed E-state index contributed by atoms with van der Waals surface area (Å²) in [6.07, 6.45) is 1.18. The Balaban J connectivity index is 1.68. The van der Waals surface area contributed by atoms with Gasteiger partial charge in [0, 0.05) is 23.5 Å². The van der Waals surface area contributed by atoms with E-state index in [1.165, 1.54) is 0 Å². The quantitative estimate of drug-likeness (QED) is 0.737. The number of para-hydroxylation sites is 1. The van der Waals surface area contributed by atoms with Crippen molar-refractivity contribution in [2.45, 2.75) is 20.0 Å². The predicted molar refractivity (Wildman–Crippen MR) is 100 cm³/mol. The lowest BCUT2D eigenvalue weighted by molar-refractivity contribution is -0.122. The number of methoxy groups -OCH3 is 1. The zero-order valence-electron chi connectivity index (χ0n) is 15.0. The first-order valence-corrected chi connectivity index (χ1v) is 8.30. The third-order valence-corrected chi connectivity index (χ3v) is 3.87. The third kappa shape index (κ3) is 4.03. The molecule has 0 bridgehead atoms. The molecule has 0 spiro atoms. The van der Waals surface area contributed by atoms with E-state index >= 15 is 0 Å². The SMILES string of the molecule is COc1cccc(NC(=O)C(C)Oc2nn(-c3ccccc3)cc2C)c1. The largest absolute Gasteiger partial charge is 0.497 e. The standard InChI is InChI=1S/C20H21N3O3/c1-14-13-23(17-9-5-4-6-10-17)22-20(14)26-15(2)19(24)21-16-8-7-11-18(12-16)25-3/h4-13,15H,1-3H3,(H,21,24). The number of carbonyl (C=O) groups is 1. The molecule has 2 aromatic carbocycles. The number of aromatic nitrogens is 2. The van der Waals surface area contributed by atoms with Crippen molar-refractivity contribution in [1.29, 1.82) is 0 Å². The smallest absolute Gasteiger partial charge is 0.265 e. The van der Waals surface area contributed by atoms with Crippen molar-refractivity contribution in [3.05, 3.63) is 66.4 Å². The Morgan fingerprint density at radius 3 is 2.65 bits per heavy atom. The van der Waals surface area contributed by atoms with Gasteiger partial charge in [-0.15, -0.1) is 5.10 Å². The number of rotatable bonds is 6. The van der Waals surface area contributed by atoms with Crippen LogP contribution in [0.4, 0.5) is 5.69 Å². The second kappa shape index (κ2) is 7.74. The molecule has 26 heavy (non-hydrogen) atoms. The van der Waals surface area contributed by atoms with Crippen LogP contribution in [0.25, 0.3) is 5.69 Å². The number of aryl methyl sites for hydroxylation is 1. The molecule has 1 unspecified atom stereocenters. The van der Waals surface area contributed by atoms with Crippen LogP contribution in [0, 0.1) is 6.92 Å². The second-order valence-corrected chi connectivity index (χ2v) is 5.88. The van der Waals surface area contributed by atoms with Crippen molar-refractivity contribution in [2.24, 2.45) is 0 Å². The number of hydrogen-bond donors (Lipinski definition) is 1. The van der Waals surface area contributed by atoms with Crippen LogP contribution < -0.4 is 14.8 Å². The molecule has 0 saturated carbocycles. The van der Waals surface area contributed by atoms with Gasteiger partial charge in [-0.2, -0.15) is 0 Å².